The van der Waals surface area contributed by atoms with Crippen molar-refractivity contribution >= 4 is 6.47 Å². The summed E-state index contributed by atoms with van der Waals surface area (Å²) in [6.07, 6.45) is 1.60. The van der Waals surface area contributed by atoms with E-state index in [0.29, 0.717) is 13.1 Å². The lowest BCUT2D eigenvalue weighted by Gasteiger charge is -2.34. The zero-order valence-electron chi connectivity index (χ0n) is 14.1. The van der Waals surface area contributed by atoms with Gasteiger partial charge in [0.15, 0.2) is 0 Å². The average Bonchev–Trinajstić information content (AvgIpc) is 2.68. The molecule has 0 aromatic heterocycles. The minimum atomic E-state index is -0.259. The maximum absolute atomic E-state index is 10.9. The van der Waals surface area contributed by atoms with Crippen molar-refractivity contribution < 1.29 is 14.4 Å². The van der Waals surface area contributed by atoms with E-state index >= 15 is 0 Å². The number of benzene rings is 2. The van der Waals surface area contributed by atoms with Gasteiger partial charge in [-0.25, -0.2) is 0 Å². The SMILES string of the molecule is O=COC(c1ccccc1)C1CCC(NOCc2ccccc2)CN1. The van der Waals surface area contributed by atoms with Crippen molar-refractivity contribution in [1.82, 2.24) is 10.8 Å². The fourth-order valence-electron chi connectivity index (χ4n) is 3.16. The summed E-state index contributed by atoms with van der Waals surface area (Å²) < 4.78 is 5.35. The molecule has 3 unspecified atom stereocenters. The van der Waals surface area contributed by atoms with Crippen LogP contribution in [0.5, 0.6) is 0 Å². The van der Waals surface area contributed by atoms with Gasteiger partial charge in [-0.15, -0.1) is 0 Å². The Balaban J connectivity index is 1.46. The highest BCUT2D eigenvalue weighted by molar-refractivity contribution is 5.39. The van der Waals surface area contributed by atoms with Crippen molar-refractivity contribution in [2.45, 2.75) is 37.6 Å². The molecule has 25 heavy (non-hydrogen) atoms. The molecular weight excluding hydrogens is 316 g/mol. The van der Waals surface area contributed by atoms with Crippen LogP contribution < -0.4 is 10.8 Å². The minimum Gasteiger partial charge on any atom is -0.458 e. The van der Waals surface area contributed by atoms with Crippen molar-refractivity contribution in [3.05, 3.63) is 71.8 Å². The van der Waals surface area contributed by atoms with E-state index in [1.54, 1.807) is 0 Å². The summed E-state index contributed by atoms with van der Waals surface area (Å²) in [7, 11) is 0. The third-order valence-electron chi connectivity index (χ3n) is 4.48. The molecule has 1 saturated heterocycles. The number of nitrogens with one attached hydrogen (secondary N) is 2. The number of hydrogen-bond acceptors (Lipinski definition) is 5. The highest BCUT2D eigenvalue weighted by Gasteiger charge is 2.29. The molecule has 0 amide bonds. The van der Waals surface area contributed by atoms with E-state index in [1.807, 2.05) is 60.7 Å². The van der Waals surface area contributed by atoms with Crippen molar-refractivity contribution in [2.75, 3.05) is 6.54 Å². The van der Waals surface area contributed by atoms with Gasteiger partial charge in [-0.1, -0.05) is 60.7 Å². The first-order chi connectivity index (χ1) is 12.4. The lowest BCUT2D eigenvalue weighted by molar-refractivity contribution is -0.136. The fraction of sp³-hybridized carbons (Fsp3) is 0.350. The van der Waals surface area contributed by atoms with Gasteiger partial charge in [-0.2, -0.15) is 5.48 Å². The van der Waals surface area contributed by atoms with Crippen molar-refractivity contribution in [2.24, 2.45) is 0 Å². The van der Waals surface area contributed by atoms with Crippen LogP contribution in [0.25, 0.3) is 0 Å². The summed E-state index contributed by atoms with van der Waals surface area (Å²) in [4.78, 5) is 16.5. The van der Waals surface area contributed by atoms with E-state index in [0.717, 1.165) is 30.5 Å². The third-order valence-corrected chi connectivity index (χ3v) is 4.48. The van der Waals surface area contributed by atoms with E-state index in [4.69, 9.17) is 9.57 Å². The Labute approximate surface area is 148 Å². The van der Waals surface area contributed by atoms with Gasteiger partial charge in [0.25, 0.3) is 6.47 Å². The second kappa shape index (κ2) is 9.32. The average molecular weight is 340 g/mol. The van der Waals surface area contributed by atoms with Crippen molar-refractivity contribution in [3.63, 3.8) is 0 Å². The molecule has 0 spiro atoms. The Morgan fingerprint density at radius 3 is 2.44 bits per heavy atom. The Bertz CT molecular complexity index is 628. The quantitative estimate of drug-likeness (QED) is 0.572. The highest BCUT2D eigenvalue weighted by atomic mass is 16.6. The first kappa shape index (κ1) is 17.6. The van der Waals surface area contributed by atoms with E-state index in [9.17, 15) is 4.79 Å². The Morgan fingerprint density at radius 2 is 1.80 bits per heavy atom. The number of rotatable bonds is 8. The van der Waals surface area contributed by atoms with E-state index in [2.05, 4.69) is 10.8 Å². The molecule has 2 aromatic rings. The van der Waals surface area contributed by atoms with E-state index in [1.165, 1.54) is 0 Å². The van der Waals surface area contributed by atoms with Gasteiger partial charge in [-0.3, -0.25) is 9.63 Å². The van der Waals surface area contributed by atoms with Crippen LogP contribution in [0.1, 0.15) is 30.1 Å². The zero-order valence-corrected chi connectivity index (χ0v) is 14.1. The Kier molecular flexibility index (Phi) is 6.56. The van der Waals surface area contributed by atoms with Crippen molar-refractivity contribution in [3.8, 4) is 0 Å². The molecule has 0 radical (unpaired) electrons. The summed E-state index contributed by atoms with van der Waals surface area (Å²) in [5.41, 5.74) is 5.28. The van der Waals surface area contributed by atoms with Crippen LogP contribution in [0.2, 0.25) is 0 Å². The van der Waals surface area contributed by atoms with Crippen molar-refractivity contribution in [1.29, 1.82) is 0 Å². The summed E-state index contributed by atoms with van der Waals surface area (Å²) >= 11 is 0. The van der Waals surface area contributed by atoms with Gasteiger partial charge in [0.05, 0.1) is 6.61 Å². The molecule has 1 aliphatic heterocycles. The van der Waals surface area contributed by atoms with E-state index in [-0.39, 0.29) is 18.2 Å². The second-order valence-electron chi connectivity index (χ2n) is 6.24. The molecule has 2 aromatic carbocycles. The summed E-state index contributed by atoms with van der Waals surface area (Å²) in [5.74, 6) is 0. The maximum Gasteiger partial charge on any atom is 0.293 e. The highest BCUT2D eigenvalue weighted by Crippen LogP contribution is 2.26. The van der Waals surface area contributed by atoms with Crippen LogP contribution in [0.4, 0.5) is 0 Å². The second-order valence-corrected chi connectivity index (χ2v) is 6.24. The fourth-order valence-corrected chi connectivity index (χ4v) is 3.16. The number of piperidine rings is 1. The van der Waals surface area contributed by atoms with Gasteiger partial charge < -0.3 is 10.1 Å². The van der Waals surface area contributed by atoms with Gasteiger partial charge >= 0.3 is 0 Å². The van der Waals surface area contributed by atoms with Crippen LogP contribution in [-0.2, 0) is 21.0 Å². The van der Waals surface area contributed by atoms with E-state index < -0.39 is 0 Å². The van der Waals surface area contributed by atoms with Gasteiger partial charge in [-0.05, 0) is 24.0 Å². The Morgan fingerprint density at radius 1 is 1.08 bits per heavy atom. The monoisotopic (exact) mass is 340 g/mol. The molecule has 132 valence electrons. The molecule has 0 aliphatic carbocycles. The summed E-state index contributed by atoms with van der Waals surface area (Å²) in [6.45, 7) is 1.85. The molecule has 3 atom stereocenters. The normalized spacial score (nSPS) is 21.4. The van der Waals surface area contributed by atoms with Gasteiger partial charge in [0.1, 0.15) is 6.10 Å². The summed E-state index contributed by atoms with van der Waals surface area (Å²) in [5, 5.41) is 3.47. The summed E-state index contributed by atoms with van der Waals surface area (Å²) in [6, 6.07) is 20.3. The number of carbonyl (C=O) groups is 1. The molecule has 3 rings (SSSR count). The molecule has 5 heteroatoms. The van der Waals surface area contributed by atoms with Crippen LogP contribution in [0, 0.1) is 0 Å². The standard InChI is InChI=1S/C20H24N2O3/c23-15-24-20(17-9-5-2-6-10-17)19-12-11-18(13-21-19)22-25-14-16-7-3-1-4-8-16/h1-10,15,18-22H,11-14H2. The first-order valence-electron chi connectivity index (χ1n) is 8.65. The predicted octanol–water partition coefficient (Wildman–Crippen LogP) is 2.74. The molecular formula is C20H24N2O3. The molecule has 1 fully saturated rings. The van der Waals surface area contributed by atoms with Gasteiger partial charge in [0, 0.05) is 18.6 Å². The largest absolute Gasteiger partial charge is 0.458 e. The number of ether oxygens (including phenoxy) is 1. The van der Waals surface area contributed by atoms with Crippen LogP contribution in [0.3, 0.4) is 0 Å². The van der Waals surface area contributed by atoms with Crippen LogP contribution in [-0.4, -0.2) is 25.1 Å². The smallest absolute Gasteiger partial charge is 0.293 e. The number of carbonyl (C=O) groups excluding carboxylic acids is 1. The van der Waals surface area contributed by atoms with Crippen LogP contribution >= 0.6 is 0 Å². The molecule has 2 N–H and O–H groups in total. The Hall–Kier alpha value is -2.21. The van der Waals surface area contributed by atoms with Crippen LogP contribution in [0.15, 0.2) is 60.7 Å². The van der Waals surface area contributed by atoms with Gasteiger partial charge in [0.2, 0.25) is 0 Å². The third kappa shape index (κ3) is 5.13. The number of hydrogen-bond donors (Lipinski definition) is 2. The molecule has 0 saturated carbocycles. The molecule has 1 aliphatic rings. The maximum atomic E-state index is 10.9. The molecule has 5 nitrogen and oxygen atoms in total. The lowest BCUT2D eigenvalue weighted by Crippen LogP contribution is -2.50. The zero-order chi connectivity index (χ0) is 17.3. The number of hydroxylamine groups is 1. The minimum absolute atomic E-state index is 0.111. The molecule has 1 heterocycles. The molecule has 0 bridgehead atoms. The lowest BCUT2D eigenvalue weighted by atomic mass is 9.93. The predicted molar refractivity (Wildman–Crippen MR) is 95.5 cm³/mol. The first-order valence-corrected chi connectivity index (χ1v) is 8.65. The topological polar surface area (TPSA) is 59.6 Å².